The van der Waals surface area contributed by atoms with Gasteiger partial charge in [-0.05, 0) is 53.5 Å². The predicted molar refractivity (Wildman–Crippen MR) is 83.5 cm³/mol. The first-order valence-corrected chi connectivity index (χ1v) is 8.79. The number of thiophene rings is 1. The Kier molecular flexibility index (Phi) is 4.35. The van der Waals surface area contributed by atoms with Crippen LogP contribution >= 0.6 is 27.3 Å². The van der Waals surface area contributed by atoms with Crippen LogP contribution in [0.2, 0.25) is 0 Å². The summed E-state index contributed by atoms with van der Waals surface area (Å²) in [6.45, 7) is 3.59. The molecule has 2 aromatic heterocycles. The Morgan fingerprint density at radius 2 is 2.00 bits per heavy atom. The van der Waals surface area contributed by atoms with E-state index in [2.05, 4.69) is 25.6 Å². The van der Waals surface area contributed by atoms with Crippen molar-refractivity contribution in [3.8, 4) is 0 Å². The van der Waals surface area contributed by atoms with Crippen molar-refractivity contribution in [3.63, 3.8) is 0 Å². The lowest BCUT2D eigenvalue weighted by molar-refractivity contribution is 0.0702. The molecule has 0 aromatic carbocycles. The molecule has 0 aliphatic carbocycles. The average molecular weight is 391 g/mol. The lowest BCUT2D eigenvalue weighted by Crippen LogP contribution is -2.14. The highest BCUT2D eigenvalue weighted by atomic mass is 79.9. The van der Waals surface area contributed by atoms with Crippen molar-refractivity contribution >= 4 is 49.1 Å². The minimum atomic E-state index is -3.90. The van der Waals surface area contributed by atoms with Gasteiger partial charge in [-0.1, -0.05) is 0 Å². The quantitative estimate of drug-likeness (QED) is 0.835. The maximum Gasteiger partial charge on any atom is 0.345 e. The van der Waals surface area contributed by atoms with Crippen molar-refractivity contribution in [2.75, 3.05) is 4.72 Å². The molecule has 2 heterocycles. The van der Waals surface area contributed by atoms with E-state index in [1.165, 1.54) is 0 Å². The number of hydrogen-bond donors (Lipinski definition) is 2. The zero-order valence-electron chi connectivity index (χ0n) is 11.0. The molecule has 112 valence electrons. The van der Waals surface area contributed by atoms with Crippen molar-refractivity contribution in [1.82, 2.24) is 4.98 Å². The Morgan fingerprint density at radius 3 is 2.52 bits per heavy atom. The number of aromatic nitrogens is 1. The van der Waals surface area contributed by atoms with E-state index in [9.17, 15) is 13.2 Å². The summed E-state index contributed by atoms with van der Waals surface area (Å²) in [5.41, 5.74) is 1.55. The normalized spacial score (nSPS) is 11.4. The van der Waals surface area contributed by atoms with Gasteiger partial charge in [0.2, 0.25) is 0 Å². The van der Waals surface area contributed by atoms with Gasteiger partial charge < -0.3 is 5.11 Å². The molecule has 0 bridgehead atoms. The molecule has 0 amide bonds. The second-order valence-electron chi connectivity index (χ2n) is 4.33. The van der Waals surface area contributed by atoms with E-state index in [0.717, 1.165) is 23.0 Å². The highest BCUT2D eigenvalue weighted by Gasteiger charge is 2.23. The Bertz CT molecular complexity index is 794. The van der Waals surface area contributed by atoms with E-state index in [1.807, 2.05) is 13.0 Å². The first-order valence-electron chi connectivity index (χ1n) is 5.70. The molecule has 0 fully saturated rings. The molecule has 0 saturated heterocycles. The molecule has 6 nitrogen and oxygen atoms in total. The number of anilines is 1. The fraction of sp³-hybridized carbons (Fsp3) is 0.167. The van der Waals surface area contributed by atoms with Gasteiger partial charge in [0.05, 0.1) is 3.79 Å². The number of aryl methyl sites for hydroxylation is 2. The SMILES string of the molecule is Cc1cc(C)nc(NS(=O)(=O)c2cc(C(=O)O)sc2Br)c1. The van der Waals surface area contributed by atoms with E-state index >= 15 is 0 Å². The standard InChI is InChI=1S/C12H11BrN2O4S2/c1-6-3-7(2)14-10(4-6)15-21(18,19)9-5-8(12(16)17)20-11(9)13/h3-5H,1-2H3,(H,14,15)(H,16,17). The molecule has 0 atom stereocenters. The maximum absolute atomic E-state index is 12.3. The molecule has 0 spiro atoms. The second-order valence-corrected chi connectivity index (χ2v) is 8.35. The molecule has 0 radical (unpaired) electrons. The molecular weight excluding hydrogens is 380 g/mol. The Hall–Kier alpha value is -1.45. The van der Waals surface area contributed by atoms with Crippen LogP contribution < -0.4 is 4.72 Å². The van der Waals surface area contributed by atoms with Crippen molar-refractivity contribution in [1.29, 1.82) is 0 Å². The molecule has 0 saturated carbocycles. The van der Waals surface area contributed by atoms with E-state index in [0.29, 0.717) is 5.69 Å². The number of nitrogens with one attached hydrogen (secondary N) is 1. The second kappa shape index (κ2) is 5.74. The molecule has 21 heavy (non-hydrogen) atoms. The Labute approximate surface area is 134 Å². The Morgan fingerprint density at radius 1 is 1.33 bits per heavy atom. The lowest BCUT2D eigenvalue weighted by atomic mass is 10.2. The first kappa shape index (κ1) is 15.9. The fourth-order valence-electron chi connectivity index (χ4n) is 1.73. The first-order chi connectivity index (χ1) is 9.69. The van der Waals surface area contributed by atoms with E-state index < -0.39 is 16.0 Å². The summed E-state index contributed by atoms with van der Waals surface area (Å²) in [6, 6.07) is 4.53. The fourth-order valence-corrected chi connectivity index (χ4v) is 5.12. The number of carboxylic acid groups (broad SMARTS) is 1. The number of halogens is 1. The maximum atomic E-state index is 12.3. The molecule has 0 aliphatic rings. The monoisotopic (exact) mass is 390 g/mol. The zero-order chi connectivity index (χ0) is 15.8. The summed E-state index contributed by atoms with van der Waals surface area (Å²) in [5, 5.41) is 8.91. The van der Waals surface area contributed by atoms with Gasteiger partial charge in [0, 0.05) is 5.69 Å². The van der Waals surface area contributed by atoms with E-state index in [1.54, 1.807) is 13.0 Å². The predicted octanol–water partition coefficient (Wildman–Crippen LogP) is 3.02. The van der Waals surface area contributed by atoms with Crippen LogP contribution in [0.4, 0.5) is 5.82 Å². The molecule has 0 unspecified atom stereocenters. The van der Waals surface area contributed by atoms with Crippen LogP contribution in [-0.4, -0.2) is 24.5 Å². The van der Waals surface area contributed by atoms with Crippen LogP contribution in [0, 0.1) is 13.8 Å². The average Bonchev–Trinajstić information content (AvgIpc) is 2.70. The van der Waals surface area contributed by atoms with Crippen LogP contribution in [0.25, 0.3) is 0 Å². The topological polar surface area (TPSA) is 96.4 Å². The molecule has 2 N–H and O–H groups in total. The Balaban J connectivity index is 2.40. The minimum absolute atomic E-state index is 0.0596. The van der Waals surface area contributed by atoms with E-state index in [4.69, 9.17) is 5.11 Å². The number of pyridine rings is 1. The van der Waals surface area contributed by atoms with Crippen LogP contribution in [0.5, 0.6) is 0 Å². The minimum Gasteiger partial charge on any atom is -0.477 e. The van der Waals surface area contributed by atoms with Crippen LogP contribution in [-0.2, 0) is 10.0 Å². The molecular formula is C12H11BrN2O4S2. The molecule has 0 aliphatic heterocycles. The number of carboxylic acids is 1. The summed E-state index contributed by atoms with van der Waals surface area (Å²) in [6.07, 6.45) is 0. The number of hydrogen-bond acceptors (Lipinski definition) is 5. The van der Waals surface area contributed by atoms with Crippen molar-refractivity contribution < 1.29 is 18.3 Å². The third-order valence-corrected chi connectivity index (χ3v) is 6.09. The highest BCUT2D eigenvalue weighted by Crippen LogP contribution is 2.32. The number of carbonyl (C=O) groups is 1. The van der Waals surface area contributed by atoms with Crippen LogP contribution in [0.15, 0.2) is 26.9 Å². The molecule has 2 aromatic rings. The van der Waals surface area contributed by atoms with Crippen molar-refractivity contribution in [2.45, 2.75) is 18.7 Å². The van der Waals surface area contributed by atoms with Crippen molar-refractivity contribution in [3.05, 3.63) is 38.1 Å². The van der Waals surface area contributed by atoms with Gasteiger partial charge >= 0.3 is 5.97 Å². The third-order valence-electron chi connectivity index (χ3n) is 2.49. The smallest absolute Gasteiger partial charge is 0.345 e. The molecule has 9 heteroatoms. The zero-order valence-corrected chi connectivity index (χ0v) is 14.3. The van der Waals surface area contributed by atoms with E-state index in [-0.39, 0.29) is 19.4 Å². The van der Waals surface area contributed by atoms with Crippen LogP contribution in [0.3, 0.4) is 0 Å². The van der Waals surface area contributed by atoms with Gasteiger partial charge in [0.1, 0.15) is 15.6 Å². The number of rotatable bonds is 4. The van der Waals surface area contributed by atoms with Crippen molar-refractivity contribution in [2.24, 2.45) is 0 Å². The lowest BCUT2D eigenvalue weighted by Gasteiger charge is -2.08. The highest BCUT2D eigenvalue weighted by molar-refractivity contribution is 9.11. The van der Waals surface area contributed by atoms with Gasteiger partial charge in [-0.15, -0.1) is 11.3 Å². The van der Waals surface area contributed by atoms with Gasteiger partial charge in [-0.2, -0.15) is 0 Å². The summed E-state index contributed by atoms with van der Waals surface area (Å²) in [4.78, 5) is 14.8. The number of sulfonamides is 1. The number of aromatic carboxylic acids is 1. The van der Waals surface area contributed by atoms with Gasteiger partial charge in [0.25, 0.3) is 10.0 Å². The largest absolute Gasteiger partial charge is 0.477 e. The summed E-state index contributed by atoms with van der Waals surface area (Å²) in [5.74, 6) is -0.978. The van der Waals surface area contributed by atoms with Gasteiger partial charge in [-0.3, -0.25) is 4.72 Å². The summed E-state index contributed by atoms with van der Waals surface area (Å²) < 4.78 is 27.2. The summed E-state index contributed by atoms with van der Waals surface area (Å²) >= 11 is 3.92. The number of nitrogens with zero attached hydrogens (tertiary/aromatic N) is 1. The third kappa shape index (κ3) is 3.60. The van der Waals surface area contributed by atoms with Crippen LogP contribution in [0.1, 0.15) is 20.9 Å². The molecule has 2 rings (SSSR count). The summed E-state index contributed by atoms with van der Waals surface area (Å²) in [7, 11) is -3.90. The van der Waals surface area contributed by atoms with Gasteiger partial charge in [0.15, 0.2) is 0 Å². The van der Waals surface area contributed by atoms with Gasteiger partial charge in [-0.25, -0.2) is 18.2 Å².